The molecule has 0 N–H and O–H groups in total. The number of carbonyl (C=O) groups excluding carboxylic acids is 1. The Hall–Kier alpha value is -1.61. The smallest absolute Gasteiger partial charge is 0.258 e. The van der Waals surface area contributed by atoms with Crippen LogP contribution in [0.2, 0.25) is 0 Å². The molecule has 138 valence electrons. The van der Waals surface area contributed by atoms with E-state index in [-0.39, 0.29) is 5.54 Å². The minimum atomic E-state index is -0.365. The van der Waals surface area contributed by atoms with Crippen LogP contribution in [-0.2, 0) is 4.79 Å². The number of hydrogen-bond acceptors (Lipinski definition) is 2. The lowest BCUT2D eigenvalue weighted by Gasteiger charge is -2.65. The summed E-state index contributed by atoms with van der Waals surface area (Å²) >= 11 is 0. The van der Waals surface area contributed by atoms with Gasteiger partial charge in [-0.15, -0.1) is 0 Å². The van der Waals surface area contributed by atoms with Crippen molar-refractivity contribution >= 4 is 12.0 Å². The molecule has 0 atom stereocenters. The summed E-state index contributed by atoms with van der Waals surface area (Å²) in [6.45, 7) is 4.98. The van der Waals surface area contributed by atoms with Gasteiger partial charge < -0.3 is 0 Å². The molecule has 4 bridgehead atoms. The maximum atomic E-state index is 13.0. The number of nitrogens with zero attached hydrogens (tertiary/aromatic N) is 2. The van der Waals surface area contributed by atoms with E-state index in [9.17, 15) is 4.79 Å². The number of carbonyl (C=O) groups is 1. The lowest BCUT2D eigenvalue weighted by molar-refractivity contribution is -0.245. The van der Waals surface area contributed by atoms with Gasteiger partial charge in [-0.25, -0.2) is 0 Å². The van der Waals surface area contributed by atoms with E-state index in [1.807, 2.05) is 6.07 Å². The molecule has 0 spiro atoms. The van der Waals surface area contributed by atoms with Crippen LogP contribution in [0.4, 0.5) is 0 Å². The number of amides is 1. The summed E-state index contributed by atoms with van der Waals surface area (Å²) in [6, 6.07) is 10.9. The van der Waals surface area contributed by atoms with Crippen LogP contribution < -0.4 is 0 Å². The van der Waals surface area contributed by atoms with E-state index in [2.05, 4.69) is 60.3 Å². The molecule has 0 unspecified atom stereocenters. The minimum absolute atomic E-state index is 0.336. The van der Waals surface area contributed by atoms with Crippen molar-refractivity contribution in [2.45, 2.75) is 57.5 Å². The van der Waals surface area contributed by atoms with E-state index in [1.165, 1.54) is 37.7 Å². The van der Waals surface area contributed by atoms with Crippen LogP contribution in [0.25, 0.3) is 6.08 Å². The normalized spacial score (nSPS) is 38.2. The third-order valence-corrected chi connectivity index (χ3v) is 7.48. The van der Waals surface area contributed by atoms with Crippen LogP contribution in [-0.4, -0.2) is 34.1 Å². The first-order valence-electron chi connectivity index (χ1n) is 10.4. The summed E-state index contributed by atoms with van der Waals surface area (Å²) in [6.07, 6.45) is 11.3. The second kappa shape index (κ2) is 5.95. The van der Waals surface area contributed by atoms with Crippen LogP contribution in [0.1, 0.15) is 51.5 Å². The van der Waals surface area contributed by atoms with Crippen LogP contribution in [0.3, 0.4) is 0 Å². The Balaban J connectivity index is 1.34. The van der Waals surface area contributed by atoms with Gasteiger partial charge in [0.1, 0.15) is 5.54 Å². The predicted octanol–water partition coefficient (Wildman–Crippen LogP) is 4.36. The predicted molar refractivity (Wildman–Crippen MR) is 104 cm³/mol. The number of hydrazine groups is 1. The molecule has 5 fully saturated rings. The van der Waals surface area contributed by atoms with Gasteiger partial charge in [0, 0.05) is 6.54 Å². The highest BCUT2D eigenvalue weighted by Gasteiger charge is 2.60. The molecular weight excluding hydrogens is 320 g/mol. The van der Waals surface area contributed by atoms with Crippen molar-refractivity contribution in [3.8, 4) is 0 Å². The van der Waals surface area contributed by atoms with Gasteiger partial charge in [-0.2, -0.15) is 5.01 Å². The standard InChI is InChI=1S/C23H30N2O/c1-23(2)22(26)25(24(23)10-6-9-16-7-4-3-5-8-16)21-19-12-17-11-18(14-19)15-20(21)13-17/h3-9,17-21H,10-15H2,1-2H3. The Bertz CT molecular complexity index is 695. The van der Waals surface area contributed by atoms with Crippen molar-refractivity contribution in [3.05, 3.63) is 42.0 Å². The fraction of sp³-hybridized carbons (Fsp3) is 0.609. The van der Waals surface area contributed by atoms with E-state index < -0.39 is 0 Å². The first-order valence-corrected chi connectivity index (χ1v) is 10.4. The molecule has 0 radical (unpaired) electrons. The van der Waals surface area contributed by atoms with Gasteiger partial charge >= 0.3 is 0 Å². The SMILES string of the molecule is CC1(C)C(=O)N(C2C3CC4CC(C3)CC2C4)N1CC=Cc1ccccc1. The average Bonchev–Trinajstić information content (AvgIpc) is 2.62. The van der Waals surface area contributed by atoms with Gasteiger partial charge in [0.15, 0.2) is 0 Å². The number of benzene rings is 1. The second-order valence-corrected chi connectivity index (χ2v) is 9.53. The van der Waals surface area contributed by atoms with Crippen molar-refractivity contribution < 1.29 is 4.79 Å². The van der Waals surface area contributed by atoms with Crippen molar-refractivity contribution in [1.29, 1.82) is 0 Å². The summed E-state index contributed by atoms with van der Waals surface area (Å²) in [5.41, 5.74) is 0.855. The molecule has 4 saturated carbocycles. The molecule has 1 amide bonds. The summed E-state index contributed by atoms with van der Waals surface area (Å²) in [5, 5.41) is 4.52. The van der Waals surface area contributed by atoms with E-state index >= 15 is 0 Å². The molecule has 3 heteroatoms. The van der Waals surface area contributed by atoms with Crippen LogP contribution >= 0.6 is 0 Å². The Morgan fingerprint density at radius 1 is 1.00 bits per heavy atom. The first-order chi connectivity index (χ1) is 12.5. The molecule has 3 nitrogen and oxygen atoms in total. The van der Waals surface area contributed by atoms with Crippen molar-refractivity contribution in [3.63, 3.8) is 0 Å². The molecule has 6 rings (SSSR count). The zero-order valence-corrected chi connectivity index (χ0v) is 16.0. The van der Waals surface area contributed by atoms with Gasteiger partial charge in [-0.05, 0) is 75.2 Å². The molecule has 1 aromatic rings. The monoisotopic (exact) mass is 350 g/mol. The Labute approximate surface area is 157 Å². The zero-order chi connectivity index (χ0) is 17.9. The van der Waals surface area contributed by atoms with Gasteiger partial charge in [-0.1, -0.05) is 42.5 Å². The third-order valence-electron chi connectivity index (χ3n) is 7.48. The molecule has 1 aliphatic heterocycles. The van der Waals surface area contributed by atoms with E-state index in [4.69, 9.17) is 0 Å². The fourth-order valence-electron chi connectivity index (χ4n) is 6.49. The van der Waals surface area contributed by atoms with E-state index in [0.29, 0.717) is 11.9 Å². The highest BCUT2D eigenvalue weighted by molar-refractivity contribution is 5.90. The maximum Gasteiger partial charge on any atom is 0.258 e. The molecule has 5 aliphatic rings. The number of rotatable bonds is 4. The quantitative estimate of drug-likeness (QED) is 0.805. The van der Waals surface area contributed by atoms with Crippen molar-refractivity contribution in [2.24, 2.45) is 23.7 Å². The summed E-state index contributed by atoms with van der Waals surface area (Å²) in [5.74, 6) is 3.72. The van der Waals surface area contributed by atoms with Gasteiger partial charge in [0.2, 0.25) is 0 Å². The zero-order valence-electron chi connectivity index (χ0n) is 16.0. The Morgan fingerprint density at radius 2 is 1.62 bits per heavy atom. The largest absolute Gasteiger partial charge is 0.271 e. The summed E-state index contributed by atoms with van der Waals surface area (Å²) in [4.78, 5) is 13.0. The van der Waals surface area contributed by atoms with Crippen LogP contribution in [0.15, 0.2) is 36.4 Å². The Morgan fingerprint density at radius 3 is 2.23 bits per heavy atom. The molecule has 1 heterocycles. The van der Waals surface area contributed by atoms with Crippen molar-refractivity contribution in [1.82, 2.24) is 10.0 Å². The first kappa shape index (κ1) is 16.6. The third kappa shape index (κ3) is 2.47. The maximum absolute atomic E-state index is 13.0. The van der Waals surface area contributed by atoms with Gasteiger partial charge in [-0.3, -0.25) is 9.80 Å². The topological polar surface area (TPSA) is 23.6 Å². The molecular formula is C23H30N2O. The second-order valence-electron chi connectivity index (χ2n) is 9.53. The average molecular weight is 351 g/mol. The molecule has 4 aliphatic carbocycles. The molecule has 26 heavy (non-hydrogen) atoms. The fourth-order valence-corrected chi connectivity index (χ4v) is 6.49. The highest BCUT2D eigenvalue weighted by Crippen LogP contribution is 2.56. The van der Waals surface area contributed by atoms with E-state index in [1.54, 1.807) is 0 Å². The molecule has 0 aromatic heterocycles. The Kier molecular flexibility index (Phi) is 3.79. The summed E-state index contributed by atoms with van der Waals surface area (Å²) < 4.78 is 0. The highest BCUT2D eigenvalue weighted by atomic mass is 16.2. The van der Waals surface area contributed by atoms with Gasteiger partial charge in [0.05, 0.1) is 6.04 Å². The lowest BCUT2D eigenvalue weighted by atomic mass is 9.53. The molecule has 1 saturated heterocycles. The minimum Gasteiger partial charge on any atom is -0.271 e. The molecule has 1 aromatic carbocycles. The van der Waals surface area contributed by atoms with Crippen LogP contribution in [0.5, 0.6) is 0 Å². The summed E-state index contributed by atoms with van der Waals surface area (Å²) in [7, 11) is 0. The lowest BCUT2D eigenvalue weighted by Crippen LogP contribution is -2.79. The van der Waals surface area contributed by atoms with Gasteiger partial charge in [0.25, 0.3) is 5.91 Å². The number of hydrogen-bond donors (Lipinski definition) is 0. The van der Waals surface area contributed by atoms with Crippen LogP contribution in [0, 0.1) is 23.7 Å². The van der Waals surface area contributed by atoms with Crippen molar-refractivity contribution in [2.75, 3.05) is 6.54 Å². The van der Waals surface area contributed by atoms with E-state index in [0.717, 1.165) is 30.2 Å².